The highest BCUT2D eigenvalue weighted by Crippen LogP contribution is 2.32. The molecule has 1 unspecified atom stereocenters. The Morgan fingerprint density at radius 1 is 1.16 bits per heavy atom. The van der Waals surface area contributed by atoms with Gasteiger partial charge in [-0.2, -0.15) is 0 Å². The summed E-state index contributed by atoms with van der Waals surface area (Å²) in [6, 6.07) is 14.0. The molecule has 1 amide bonds. The molecule has 5 heteroatoms. The maximum Gasteiger partial charge on any atom is 0.240 e. The van der Waals surface area contributed by atoms with E-state index in [1.165, 1.54) is 11.1 Å². The van der Waals surface area contributed by atoms with Crippen molar-refractivity contribution in [1.29, 1.82) is 0 Å². The van der Waals surface area contributed by atoms with Gasteiger partial charge in [0, 0.05) is 19.6 Å². The van der Waals surface area contributed by atoms with Gasteiger partial charge in [-0.1, -0.05) is 30.3 Å². The number of hydrogen-bond acceptors (Lipinski definition) is 4. The van der Waals surface area contributed by atoms with Crippen LogP contribution in [-0.4, -0.2) is 30.2 Å². The van der Waals surface area contributed by atoms with Crippen molar-refractivity contribution >= 4 is 5.91 Å². The Morgan fingerprint density at radius 2 is 1.96 bits per heavy atom. The predicted octanol–water partition coefficient (Wildman–Crippen LogP) is 2.48. The fraction of sp³-hybridized carbons (Fsp3) is 0.350. The second kappa shape index (κ2) is 6.76. The zero-order valence-corrected chi connectivity index (χ0v) is 14.3. The molecule has 0 fully saturated rings. The monoisotopic (exact) mass is 338 g/mol. The van der Waals surface area contributed by atoms with Gasteiger partial charge in [0.05, 0.1) is 6.04 Å². The topological polar surface area (TPSA) is 50.8 Å². The molecule has 0 bridgehead atoms. The van der Waals surface area contributed by atoms with Crippen molar-refractivity contribution in [3.05, 3.63) is 59.2 Å². The minimum absolute atomic E-state index is 0.148. The Hall–Kier alpha value is -2.53. The molecule has 130 valence electrons. The van der Waals surface area contributed by atoms with Crippen LogP contribution in [0.3, 0.4) is 0 Å². The quantitative estimate of drug-likeness (QED) is 0.930. The van der Waals surface area contributed by atoms with Crippen LogP contribution in [0.2, 0.25) is 0 Å². The Bertz CT molecular complexity index is 790. The summed E-state index contributed by atoms with van der Waals surface area (Å²) >= 11 is 0. The van der Waals surface area contributed by atoms with Crippen molar-refractivity contribution in [3.8, 4) is 11.5 Å². The van der Waals surface area contributed by atoms with E-state index in [4.69, 9.17) is 9.47 Å². The number of nitrogens with zero attached hydrogens (tertiary/aromatic N) is 1. The molecule has 2 aromatic carbocycles. The van der Waals surface area contributed by atoms with Gasteiger partial charge in [0.15, 0.2) is 11.5 Å². The number of carbonyl (C=O) groups excluding carboxylic acids is 1. The molecule has 2 aliphatic rings. The molecule has 0 aromatic heterocycles. The van der Waals surface area contributed by atoms with Crippen LogP contribution in [0.25, 0.3) is 0 Å². The summed E-state index contributed by atoms with van der Waals surface area (Å²) in [4.78, 5) is 14.9. The third-order valence-corrected chi connectivity index (χ3v) is 4.88. The number of carbonyl (C=O) groups is 1. The Morgan fingerprint density at radius 3 is 2.80 bits per heavy atom. The normalized spacial score (nSPS) is 17.9. The van der Waals surface area contributed by atoms with Crippen LogP contribution >= 0.6 is 0 Å². The van der Waals surface area contributed by atoms with Crippen LogP contribution < -0.4 is 14.8 Å². The molecule has 0 spiro atoms. The number of hydrogen-bond donors (Lipinski definition) is 1. The summed E-state index contributed by atoms with van der Waals surface area (Å²) < 4.78 is 10.8. The first-order valence-corrected chi connectivity index (χ1v) is 8.72. The third-order valence-electron chi connectivity index (χ3n) is 4.88. The summed E-state index contributed by atoms with van der Waals surface area (Å²) in [6.07, 6.45) is 0.743. The van der Waals surface area contributed by atoms with E-state index in [1.54, 1.807) is 0 Å². The molecule has 2 aromatic rings. The van der Waals surface area contributed by atoms with Gasteiger partial charge in [-0.05, 0) is 42.2 Å². The van der Waals surface area contributed by atoms with Crippen molar-refractivity contribution in [1.82, 2.24) is 10.2 Å². The molecule has 2 heterocycles. The van der Waals surface area contributed by atoms with E-state index in [0.717, 1.165) is 30.0 Å². The number of amides is 1. The third kappa shape index (κ3) is 3.20. The van der Waals surface area contributed by atoms with Crippen molar-refractivity contribution in [2.45, 2.75) is 32.5 Å². The molecule has 1 atom stereocenters. The van der Waals surface area contributed by atoms with Gasteiger partial charge in [0.25, 0.3) is 0 Å². The number of nitrogens with one attached hydrogen (secondary N) is 1. The van der Waals surface area contributed by atoms with Gasteiger partial charge in [-0.25, -0.2) is 0 Å². The number of fused-ring (bicyclic) bond motifs is 2. The highest BCUT2D eigenvalue weighted by atomic mass is 16.7. The van der Waals surface area contributed by atoms with E-state index in [-0.39, 0.29) is 18.7 Å². The van der Waals surface area contributed by atoms with Gasteiger partial charge in [0.2, 0.25) is 12.7 Å². The lowest BCUT2D eigenvalue weighted by molar-refractivity contribution is -0.134. The minimum Gasteiger partial charge on any atom is -0.454 e. The number of rotatable bonds is 4. The maximum atomic E-state index is 13.0. The lowest BCUT2D eigenvalue weighted by Gasteiger charge is -2.30. The summed E-state index contributed by atoms with van der Waals surface area (Å²) in [5.41, 5.74) is 3.60. The molecule has 2 aliphatic heterocycles. The second-order valence-corrected chi connectivity index (χ2v) is 6.45. The summed E-state index contributed by atoms with van der Waals surface area (Å²) in [5.74, 6) is 1.67. The smallest absolute Gasteiger partial charge is 0.240 e. The Balaban J connectivity index is 1.47. The predicted molar refractivity (Wildman–Crippen MR) is 94.4 cm³/mol. The van der Waals surface area contributed by atoms with Gasteiger partial charge < -0.3 is 19.7 Å². The van der Waals surface area contributed by atoms with Crippen LogP contribution in [0.15, 0.2) is 42.5 Å². The van der Waals surface area contributed by atoms with E-state index in [0.29, 0.717) is 13.1 Å². The van der Waals surface area contributed by atoms with E-state index in [9.17, 15) is 4.79 Å². The maximum absolute atomic E-state index is 13.0. The van der Waals surface area contributed by atoms with E-state index in [1.807, 2.05) is 42.2 Å². The van der Waals surface area contributed by atoms with Crippen LogP contribution in [0.4, 0.5) is 0 Å². The Kier molecular flexibility index (Phi) is 4.32. The largest absolute Gasteiger partial charge is 0.454 e. The zero-order valence-electron chi connectivity index (χ0n) is 14.3. The molecule has 4 rings (SSSR count). The van der Waals surface area contributed by atoms with Crippen molar-refractivity contribution in [2.75, 3.05) is 13.3 Å². The number of ether oxygens (including phenoxy) is 2. The highest BCUT2D eigenvalue weighted by Gasteiger charge is 2.27. The fourth-order valence-electron chi connectivity index (χ4n) is 3.45. The molecule has 0 aliphatic carbocycles. The first-order valence-electron chi connectivity index (χ1n) is 8.72. The number of likely N-dealkylation sites (N-methyl/N-ethyl adjacent to an activating group) is 1. The van der Waals surface area contributed by atoms with Crippen LogP contribution in [0.5, 0.6) is 11.5 Å². The molecule has 0 saturated carbocycles. The van der Waals surface area contributed by atoms with E-state index < -0.39 is 0 Å². The molecule has 5 nitrogen and oxygen atoms in total. The van der Waals surface area contributed by atoms with Gasteiger partial charge in [-0.3, -0.25) is 4.79 Å². The van der Waals surface area contributed by atoms with Gasteiger partial charge >= 0.3 is 0 Å². The first kappa shape index (κ1) is 16.0. The van der Waals surface area contributed by atoms with Crippen molar-refractivity contribution < 1.29 is 14.3 Å². The minimum atomic E-state index is -0.163. The molecular formula is C20H22N2O3. The summed E-state index contributed by atoms with van der Waals surface area (Å²) in [6.45, 7) is 4.27. The molecule has 1 N–H and O–H groups in total. The van der Waals surface area contributed by atoms with E-state index in [2.05, 4.69) is 17.4 Å². The van der Waals surface area contributed by atoms with Gasteiger partial charge in [0.1, 0.15) is 0 Å². The van der Waals surface area contributed by atoms with Crippen LogP contribution in [0.1, 0.15) is 23.6 Å². The van der Waals surface area contributed by atoms with Crippen LogP contribution in [-0.2, 0) is 24.3 Å². The van der Waals surface area contributed by atoms with Crippen molar-refractivity contribution in [2.24, 2.45) is 0 Å². The average molecular weight is 338 g/mol. The van der Waals surface area contributed by atoms with Gasteiger partial charge in [-0.15, -0.1) is 0 Å². The Labute approximate surface area is 147 Å². The average Bonchev–Trinajstić information content (AvgIpc) is 3.13. The molecule has 0 saturated heterocycles. The first-order chi connectivity index (χ1) is 12.2. The lowest BCUT2D eigenvalue weighted by Crippen LogP contribution is -2.49. The molecular weight excluding hydrogens is 316 g/mol. The fourth-order valence-corrected chi connectivity index (χ4v) is 3.45. The van der Waals surface area contributed by atoms with Crippen molar-refractivity contribution in [3.63, 3.8) is 0 Å². The molecule has 25 heavy (non-hydrogen) atoms. The van der Waals surface area contributed by atoms with Crippen LogP contribution in [0, 0.1) is 0 Å². The SMILES string of the molecule is CCN(Cc1ccc2c(c1)OCO2)C(=O)C1Cc2ccccc2CN1. The van der Waals surface area contributed by atoms with E-state index >= 15 is 0 Å². The summed E-state index contributed by atoms with van der Waals surface area (Å²) in [5, 5.41) is 3.38. The second-order valence-electron chi connectivity index (χ2n) is 6.45. The molecule has 0 radical (unpaired) electrons. The summed E-state index contributed by atoms with van der Waals surface area (Å²) in [7, 11) is 0. The lowest BCUT2D eigenvalue weighted by atomic mass is 9.95. The highest BCUT2D eigenvalue weighted by molar-refractivity contribution is 5.82. The standard InChI is InChI=1S/C20H22N2O3/c1-2-22(12-14-7-8-18-19(9-14)25-13-24-18)20(23)17-10-15-5-3-4-6-16(15)11-21-17/h3-9,17,21H,2,10-13H2,1H3. The number of benzene rings is 2. The zero-order chi connectivity index (χ0) is 17.2.